The number of nitrogens with one attached hydrogen (secondary N) is 3. The monoisotopic (exact) mass is 539 g/mol. The van der Waals surface area contributed by atoms with Gasteiger partial charge in [0.25, 0.3) is 5.91 Å². The lowest BCUT2D eigenvalue weighted by atomic mass is 9.72. The Morgan fingerprint density at radius 3 is 2.69 bits per heavy atom. The topological polar surface area (TPSA) is 130 Å². The van der Waals surface area contributed by atoms with Crippen LogP contribution >= 0.6 is 0 Å². The number of ether oxygens (including phenoxy) is 1. The Bertz CT molecular complexity index is 1290. The first kappa shape index (κ1) is 27.4. The molecule has 1 saturated carbocycles. The van der Waals surface area contributed by atoms with Crippen LogP contribution < -0.4 is 15.4 Å². The van der Waals surface area contributed by atoms with Crippen molar-refractivity contribution in [3.63, 3.8) is 0 Å². The molecule has 10 heteroatoms. The van der Waals surface area contributed by atoms with Crippen LogP contribution in [0.5, 0.6) is 5.75 Å². The molecule has 5 rings (SSSR count). The lowest BCUT2D eigenvalue weighted by molar-refractivity contribution is -0.123. The van der Waals surface area contributed by atoms with E-state index in [0.29, 0.717) is 30.5 Å². The lowest BCUT2D eigenvalue weighted by Crippen LogP contribution is -2.52. The third-order valence-electron chi connectivity index (χ3n) is 8.88. The molecule has 2 aromatic rings. The number of methoxy groups -OCH3 is 1. The SMILES string of the molecule is COc1ccc(F)c2[nH]c(C(=O)N3CC4(CCCCC4)CC3C(O)N[C@H](C#N)C[C@@H]3CC(C)(C)NC3=O)cc12. The van der Waals surface area contributed by atoms with Crippen molar-refractivity contribution >= 4 is 22.7 Å². The molecule has 9 nitrogen and oxygen atoms in total. The number of aliphatic hydroxyl groups excluding tert-OH is 1. The highest BCUT2D eigenvalue weighted by Gasteiger charge is 2.49. The van der Waals surface area contributed by atoms with Crippen molar-refractivity contribution in [2.75, 3.05) is 13.7 Å². The Morgan fingerprint density at radius 2 is 2.05 bits per heavy atom. The number of hydrogen-bond donors (Lipinski definition) is 4. The molecular formula is C29H38FN5O4. The fourth-order valence-electron chi connectivity index (χ4n) is 7.02. The van der Waals surface area contributed by atoms with Crippen molar-refractivity contribution in [1.82, 2.24) is 20.5 Å². The standard InChI is InChI=1S/C29H38FN5O4/c1-28(2)13-17(25(36)34-28)11-18(15-31)32-26(37)22-14-29(9-5-4-6-10-29)16-35(22)27(38)21-12-19-23(39-3)8-7-20(30)24(19)33-21/h7-8,12,17-18,22,26,32-33,37H,4-6,9-11,13-14,16H2,1-3H3,(H,34,36)/t17-,18+,22?,26?/m1/s1. The molecule has 1 aromatic carbocycles. The molecule has 210 valence electrons. The van der Waals surface area contributed by atoms with Gasteiger partial charge in [-0.05, 0) is 69.6 Å². The number of aliphatic hydroxyl groups is 1. The number of amides is 2. The molecule has 0 radical (unpaired) electrons. The van der Waals surface area contributed by atoms with Gasteiger partial charge >= 0.3 is 0 Å². The van der Waals surface area contributed by atoms with Crippen molar-refractivity contribution in [2.24, 2.45) is 11.3 Å². The fraction of sp³-hybridized carbons (Fsp3) is 0.621. The first-order valence-electron chi connectivity index (χ1n) is 13.9. The Labute approximate surface area is 228 Å². The molecule has 2 amide bonds. The van der Waals surface area contributed by atoms with E-state index >= 15 is 0 Å². The van der Waals surface area contributed by atoms with E-state index in [9.17, 15) is 24.3 Å². The molecule has 1 spiro atoms. The molecule has 39 heavy (non-hydrogen) atoms. The number of halogens is 1. The number of likely N-dealkylation sites (tertiary alicyclic amines) is 1. The molecule has 3 fully saturated rings. The van der Waals surface area contributed by atoms with E-state index in [-0.39, 0.29) is 46.3 Å². The zero-order valence-electron chi connectivity index (χ0n) is 22.8. The van der Waals surface area contributed by atoms with Crippen LogP contribution in [0.25, 0.3) is 10.9 Å². The highest BCUT2D eigenvalue weighted by molar-refractivity contribution is 6.00. The van der Waals surface area contributed by atoms with Gasteiger partial charge < -0.3 is 25.0 Å². The van der Waals surface area contributed by atoms with Gasteiger partial charge in [-0.25, -0.2) is 4.39 Å². The van der Waals surface area contributed by atoms with Gasteiger partial charge in [-0.3, -0.25) is 14.9 Å². The van der Waals surface area contributed by atoms with E-state index in [2.05, 4.69) is 21.7 Å². The number of aromatic amines is 1. The van der Waals surface area contributed by atoms with E-state index in [1.807, 2.05) is 13.8 Å². The van der Waals surface area contributed by atoms with Crippen LogP contribution in [0.2, 0.25) is 0 Å². The van der Waals surface area contributed by atoms with Crippen molar-refractivity contribution < 1.29 is 23.8 Å². The molecule has 2 unspecified atom stereocenters. The summed E-state index contributed by atoms with van der Waals surface area (Å²) in [7, 11) is 1.49. The zero-order chi connectivity index (χ0) is 27.9. The van der Waals surface area contributed by atoms with Crippen LogP contribution in [0.4, 0.5) is 4.39 Å². The lowest BCUT2D eigenvalue weighted by Gasteiger charge is -2.33. The second-order valence-electron chi connectivity index (χ2n) is 12.3. The summed E-state index contributed by atoms with van der Waals surface area (Å²) in [6.07, 6.45) is 5.56. The Hall–Kier alpha value is -3.16. The maximum Gasteiger partial charge on any atom is 0.270 e. The van der Waals surface area contributed by atoms with Crippen LogP contribution in [0.1, 0.15) is 75.7 Å². The number of nitrogens with zero attached hydrogens (tertiary/aromatic N) is 2. The normalized spacial score (nSPS) is 25.4. The highest BCUT2D eigenvalue weighted by Crippen LogP contribution is 2.47. The summed E-state index contributed by atoms with van der Waals surface area (Å²) >= 11 is 0. The molecule has 3 aliphatic rings. The summed E-state index contributed by atoms with van der Waals surface area (Å²) in [5, 5.41) is 27.7. The van der Waals surface area contributed by atoms with Crippen molar-refractivity contribution in [2.45, 2.75) is 89.1 Å². The first-order chi connectivity index (χ1) is 18.5. The molecule has 3 heterocycles. The van der Waals surface area contributed by atoms with Crippen molar-refractivity contribution in [3.05, 3.63) is 29.7 Å². The van der Waals surface area contributed by atoms with Crippen molar-refractivity contribution in [1.29, 1.82) is 5.26 Å². The molecule has 4 atom stereocenters. The minimum absolute atomic E-state index is 0.0863. The largest absolute Gasteiger partial charge is 0.496 e. The number of nitriles is 1. The smallest absolute Gasteiger partial charge is 0.270 e. The number of fused-ring (bicyclic) bond motifs is 1. The first-order valence-corrected chi connectivity index (χ1v) is 13.9. The molecule has 0 bridgehead atoms. The predicted octanol–water partition coefficient (Wildman–Crippen LogP) is 3.59. The highest BCUT2D eigenvalue weighted by atomic mass is 19.1. The Balaban J connectivity index is 1.39. The molecule has 1 aliphatic carbocycles. The number of benzene rings is 1. The summed E-state index contributed by atoms with van der Waals surface area (Å²) in [5.41, 5.74) is -0.0142. The van der Waals surface area contributed by atoms with Gasteiger partial charge in [0.05, 0.1) is 30.8 Å². The third-order valence-corrected chi connectivity index (χ3v) is 8.88. The van der Waals surface area contributed by atoms with Crippen LogP contribution in [0.3, 0.4) is 0 Å². The number of carbonyl (C=O) groups is 2. The van der Waals surface area contributed by atoms with Gasteiger partial charge in [-0.1, -0.05) is 19.3 Å². The molecule has 1 aromatic heterocycles. The van der Waals surface area contributed by atoms with Gasteiger partial charge in [-0.2, -0.15) is 5.26 Å². The van der Waals surface area contributed by atoms with E-state index in [0.717, 1.165) is 32.1 Å². The number of hydrogen-bond acceptors (Lipinski definition) is 6. The van der Waals surface area contributed by atoms with Crippen molar-refractivity contribution in [3.8, 4) is 11.8 Å². The molecule has 2 aliphatic heterocycles. The van der Waals surface area contributed by atoms with Gasteiger partial charge in [0, 0.05) is 23.4 Å². The Kier molecular flexibility index (Phi) is 7.33. The predicted molar refractivity (Wildman–Crippen MR) is 143 cm³/mol. The van der Waals surface area contributed by atoms with E-state index in [1.54, 1.807) is 11.0 Å². The fourth-order valence-corrected chi connectivity index (χ4v) is 7.02. The summed E-state index contributed by atoms with van der Waals surface area (Å²) in [6.45, 7) is 4.39. The van der Waals surface area contributed by atoms with Gasteiger partial charge in [-0.15, -0.1) is 0 Å². The second kappa shape index (κ2) is 10.4. The zero-order valence-corrected chi connectivity index (χ0v) is 22.8. The summed E-state index contributed by atoms with van der Waals surface area (Å²) < 4.78 is 19.9. The van der Waals surface area contributed by atoms with Crippen LogP contribution in [0.15, 0.2) is 18.2 Å². The number of rotatable bonds is 7. The third kappa shape index (κ3) is 5.35. The van der Waals surface area contributed by atoms with Gasteiger partial charge in [0.2, 0.25) is 5.91 Å². The quantitative estimate of drug-likeness (QED) is 0.398. The number of aromatic nitrogens is 1. The van der Waals surface area contributed by atoms with E-state index in [1.165, 1.54) is 19.2 Å². The number of H-pyrrole nitrogens is 1. The molecular weight excluding hydrogens is 501 g/mol. The average Bonchev–Trinajstić information content (AvgIpc) is 3.58. The average molecular weight is 540 g/mol. The minimum atomic E-state index is -1.16. The summed E-state index contributed by atoms with van der Waals surface area (Å²) in [5.74, 6) is -0.764. The Morgan fingerprint density at radius 1 is 1.31 bits per heavy atom. The van der Waals surface area contributed by atoms with Crippen LogP contribution in [-0.4, -0.2) is 64.3 Å². The maximum atomic E-state index is 14.6. The minimum Gasteiger partial charge on any atom is -0.496 e. The molecule has 2 saturated heterocycles. The van der Waals surface area contributed by atoms with Gasteiger partial charge in [0.1, 0.15) is 23.5 Å². The van der Waals surface area contributed by atoms with E-state index in [4.69, 9.17) is 4.74 Å². The van der Waals surface area contributed by atoms with Gasteiger partial charge in [0.15, 0.2) is 0 Å². The molecule has 4 N–H and O–H groups in total. The second-order valence-corrected chi connectivity index (χ2v) is 12.3. The number of carbonyl (C=O) groups excluding carboxylic acids is 2. The van der Waals surface area contributed by atoms with Crippen LogP contribution in [-0.2, 0) is 4.79 Å². The maximum absolute atomic E-state index is 14.6. The summed E-state index contributed by atoms with van der Waals surface area (Å²) in [6, 6.07) is 5.29. The van der Waals surface area contributed by atoms with E-state index < -0.39 is 24.1 Å². The van der Waals surface area contributed by atoms with Crippen LogP contribution in [0, 0.1) is 28.5 Å². The summed E-state index contributed by atoms with van der Waals surface area (Å²) in [4.78, 5) is 30.9.